The predicted molar refractivity (Wildman–Crippen MR) is 50.9 cm³/mol. The Morgan fingerprint density at radius 1 is 1.60 bits per heavy atom. The summed E-state index contributed by atoms with van der Waals surface area (Å²) in [5, 5.41) is 20.6. The van der Waals surface area contributed by atoms with Crippen LogP contribution in [0.3, 0.4) is 0 Å². The third kappa shape index (κ3) is 2.28. The number of benzene rings is 1. The number of rotatable bonds is 2. The molecule has 0 spiro atoms. The van der Waals surface area contributed by atoms with Gasteiger partial charge in [0, 0.05) is 17.7 Å². The van der Waals surface area contributed by atoms with Crippen LogP contribution in [-0.2, 0) is 0 Å². The Labute approximate surface area is 85.3 Å². The molecule has 6 nitrogen and oxygen atoms in total. The van der Waals surface area contributed by atoms with Crippen LogP contribution in [0.25, 0.3) is 0 Å². The summed E-state index contributed by atoms with van der Waals surface area (Å²) in [5.41, 5.74) is 0.625. The van der Waals surface area contributed by atoms with E-state index in [9.17, 15) is 14.9 Å². The number of non-ortho nitro benzene ring substituents is 1. The predicted octanol–water partition coefficient (Wildman–Crippen LogP) is 1.11. The average molecular weight is 205 g/mol. The second kappa shape index (κ2) is 4.19. The number of hydrogen-bond acceptors (Lipinski definition) is 4. The van der Waals surface area contributed by atoms with Crippen molar-refractivity contribution in [2.75, 3.05) is 0 Å². The number of nitro benzene ring substituents is 1. The Hall–Kier alpha value is -2.42. The lowest BCUT2D eigenvalue weighted by Crippen LogP contribution is -2.18. The third-order valence-corrected chi connectivity index (χ3v) is 1.83. The van der Waals surface area contributed by atoms with Crippen molar-refractivity contribution in [1.82, 2.24) is 5.32 Å². The molecule has 0 aliphatic carbocycles. The van der Waals surface area contributed by atoms with Crippen molar-refractivity contribution in [3.63, 3.8) is 0 Å². The molecule has 1 aromatic carbocycles. The SMILES string of the molecule is Cc1cc([N+](=O)[O-])ccc1C(=O)NC#N. The zero-order valence-electron chi connectivity index (χ0n) is 7.85. The van der Waals surface area contributed by atoms with Crippen molar-refractivity contribution < 1.29 is 9.72 Å². The van der Waals surface area contributed by atoms with E-state index < -0.39 is 10.8 Å². The molecule has 0 radical (unpaired) electrons. The molecule has 0 heterocycles. The van der Waals surface area contributed by atoms with Crippen molar-refractivity contribution in [3.05, 3.63) is 39.4 Å². The Balaban J connectivity index is 3.09. The van der Waals surface area contributed by atoms with Crippen LogP contribution in [-0.4, -0.2) is 10.8 Å². The lowest BCUT2D eigenvalue weighted by atomic mass is 10.1. The highest BCUT2D eigenvalue weighted by Gasteiger charge is 2.12. The highest BCUT2D eigenvalue weighted by Crippen LogP contribution is 2.16. The van der Waals surface area contributed by atoms with Crippen molar-refractivity contribution in [3.8, 4) is 6.19 Å². The van der Waals surface area contributed by atoms with Crippen molar-refractivity contribution in [1.29, 1.82) is 5.26 Å². The van der Waals surface area contributed by atoms with Gasteiger partial charge in [-0.2, -0.15) is 5.26 Å². The number of aryl methyl sites for hydroxylation is 1. The summed E-state index contributed by atoms with van der Waals surface area (Å²) in [6.07, 6.45) is 1.50. The van der Waals surface area contributed by atoms with E-state index >= 15 is 0 Å². The lowest BCUT2D eigenvalue weighted by Gasteiger charge is -2.01. The molecule has 0 atom stereocenters. The molecule has 0 aliphatic heterocycles. The monoisotopic (exact) mass is 205 g/mol. The van der Waals surface area contributed by atoms with Gasteiger partial charge >= 0.3 is 0 Å². The number of amides is 1. The molecular weight excluding hydrogens is 198 g/mol. The second-order valence-electron chi connectivity index (χ2n) is 2.82. The quantitative estimate of drug-likeness (QED) is 0.338. The number of nitrogens with one attached hydrogen (secondary N) is 1. The zero-order valence-corrected chi connectivity index (χ0v) is 7.85. The Morgan fingerprint density at radius 2 is 2.27 bits per heavy atom. The minimum Gasteiger partial charge on any atom is -0.268 e. The molecule has 1 amide bonds. The van der Waals surface area contributed by atoms with E-state index in [-0.39, 0.29) is 11.3 Å². The maximum atomic E-state index is 11.2. The van der Waals surface area contributed by atoms with E-state index in [4.69, 9.17) is 5.26 Å². The lowest BCUT2D eigenvalue weighted by molar-refractivity contribution is -0.384. The molecule has 0 aromatic heterocycles. The fourth-order valence-corrected chi connectivity index (χ4v) is 1.13. The Bertz CT molecular complexity index is 462. The van der Waals surface area contributed by atoms with Gasteiger partial charge in [-0.1, -0.05) is 0 Å². The van der Waals surface area contributed by atoms with Crippen molar-refractivity contribution in [2.24, 2.45) is 0 Å². The summed E-state index contributed by atoms with van der Waals surface area (Å²) < 4.78 is 0. The smallest absolute Gasteiger partial charge is 0.268 e. The van der Waals surface area contributed by atoms with Crippen LogP contribution in [0.4, 0.5) is 5.69 Å². The van der Waals surface area contributed by atoms with Gasteiger partial charge in [-0.15, -0.1) is 0 Å². The van der Waals surface area contributed by atoms with Crippen molar-refractivity contribution >= 4 is 11.6 Å². The minimum atomic E-state index is -0.565. The maximum absolute atomic E-state index is 11.2. The van der Waals surface area contributed by atoms with Crippen LogP contribution in [0.5, 0.6) is 0 Å². The van der Waals surface area contributed by atoms with Gasteiger partial charge in [0.05, 0.1) is 4.92 Å². The van der Waals surface area contributed by atoms with Gasteiger partial charge < -0.3 is 0 Å². The first-order valence-electron chi connectivity index (χ1n) is 4.00. The van der Waals surface area contributed by atoms with Gasteiger partial charge in [0.15, 0.2) is 6.19 Å². The molecule has 0 fully saturated rings. The summed E-state index contributed by atoms with van der Waals surface area (Å²) in [7, 11) is 0. The Morgan fingerprint density at radius 3 is 2.73 bits per heavy atom. The highest BCUT2D eigenvalue weighted by atomic mass is 16.6. The summed E-state index contributed by atoms with van der Waals surface area (Å²) in [6.45, 7) is 1.57. The first kappa shape index (κ1) is 10.7. The minimum absolute atomic E-state index is 0.0824. The van der Waals surface area contributed by atoms with Crippen LogP contribution < -0.4 is 5.32 Å². The average Bonchev–Trinajstić information content (AvgIpc) is 2.17. The van der Waals surface area contributed by atoms with Crippen LogP contribution in [0.2, 0.25) is 0 Å². The van der Waals surface area contributed by atoms with Crippen molar-refractivity contribution in [2.45, 2.75) is 6.92 Å². The molecule has 76 valence electrons. The van der Waals surface area contributed by atoms with Crippen LogP contribution in [0.1, 0.15) is 15.9 Å². The third-order valence-electron chi connectivity index (χ3n) is 1.83. The van der Waals surface area contributed by atoms with Gasteiger partial charge in [-0.25, -0.2) is 0 Å². The van der Waals surface area contributed by atoms with Crippen LogP contribution in [0.15, 0.2) is 18.2 Å². The molecule has 15 heavy (non-hydrogen) atoms. The number of carbonyl (C=O) groups excluding carboxylic acids is 1. The topological polar surface area (TPSA) is 96.0 Å². The summed E-state index contributed by atoms with van der Waals surface area (Å²) in [6, 6.07) is 3.83. The molecule has 0 unspecified atom stereocenters. The molecule has 0 saturated heterocycles. The van der Waals surface area contributed by atoms with Gasteiger partial charge in [-0.05, 0) is 18.6 Å². The van der Waals surface area contributed by atoms with E-state index in [1.54, 1.807) is 6.92 Å². The number of nitro groups is 1. The molecule has 6 heteroatoms. The second-order valence-corrected chi connectivity index (χ2v) is 2.82. The molecule has 0 saturated carbocycles. The molecule has 1 rings (SSSR count). The summed E-state index contributed by atoms with van der Waals surface area (Å²) in [5.74, 6) is -0.565. The van der Waals surface area contributed by atoms with E-state index in [0.717, 1.165) is 0 Å². The van der Waals surface area contributed by atoms with Crippen LogP contribution in [0, 0.1) is 28.5 Å². The first-order valence-corrected chi connectivity index (χ1v) is 4.00. The molecule has 1 aromatic rings. The van der Waals surface area contributed by atoms with Gasteiger partial charge in [0.2, 0.25) is 0 Å². The standard InChI is InChI=1S/C9H7N3O3/c1-6-4-7(12(14)15)2-3-8(6)9(13)11-5-10/h2-4H,1H3,(H,11,13). The Kier molecular flexibility index (Phi) is 2.98. The molecule has 0 bridgehead atoms. The fourth-order valence-electron chi connectivity index (χ4n) is 1.13. The number of nitriles is 1. The van der Waals surface area contributed by atoms with E-state index in [2.05, 4.69) is 0 Å². The first-order chi connectivity index (χ1) is 7.06. The molecule has 1 N–H and O–H groups in total. The van der Waals surface area contributed by atoms with Gasteiger partial charge in [-0.3, -0.25) is 20.2 Å². The normalized spacial score (nSPS) is 9.07. The van der Waals surface area contributed by atoms with E-state index in [1.165, 1.54) is 24.4 Å². The largest absolute Gasteiger partial charge is 0.269 e. The van der Waals surface area contributed by atoms with Gasteiger partial charge in [0.1, 0.15) is 0 Å². The molecule has 0 aliphatic rings. The van der Waals surface area contributed by atoms with E-state index in [0.29, 0.717) is 5.56 Å². The number of carbonyl (C=O) groups is 1. The summed E-state index contributed by atoms with van der Waals surface area (Å²) >= 11 is 0. The fraction of sp³-hybridized carbons (Fsp3) is 0.111. The van der Waals surface area contributed by atoms with Gasteiger partial charge in [0.25, 0.3) is 11.6 Å². The molecular formula is C9H7N3O3. The number of nitrogens with zero attached hydrogens (tertiary/aromatic N) is 2. The number of hydrogen-bond donors (Lipinski definition) is 1. The van der Waals surface area contributed by atoms with E-state index in [1.807, 2.05) is 5.32 Å². The highest BCUT2D eigenvalue weighted by molar-refractivity contribution is 5.96. The van der Waals surface area contributed by atoms with Crippen LogP contribution >= 0.6 is 0 Å². The maximum Gasteiger partial charge on any atom is 0.269 e. The zero-order chi connectivity index (χ0) is 11.4. The summed E-state index contributed by atoms with van der Waals surface area (Å²) in [4.78, 5) is 21.1.